The summed E-state index contributed by atoms with van der Waals surface area (Å²) in [4.78, 5) is 0. The van der Waals surface area contributed by atoms with Crippen LogP contribution in [0.25, 0.3) is 0 Å². The van der Waals surface area contributed by atoms with Crippen molar-refractivity contribution in [3.8, 4) is 0 Å². The van der Waals surface area contributed by atoms with Crippen molar-refractivity contribution >= 4 is 15.9 Å². The number of aliphatic hydroxyl groups excluding tert-OH is 1. The highest BCUT2D eigenvalue weighted by atomic mass is 79.9. The van der Waals surface area contributed by atoms with Gasteiger partial charge in [0, 0.05) is 12.1 Å². The summed E-state index contributed by atoms with van der Waals surface area (Å²) in [6.45, 7) is 3.24. The summed E-state index contributed by atoms with van der Waals surface area (Å²) in [7, 11) is 0. The Morgan fingerprint density at radius 1 is 1.53 bits per heavy atom. The lowest BCUT2D eigenvalue weighted by Crippen LogP contribution is -2.22. The van der Waals surface area contributed by atoms with Crippen molar-refractivity contribution in [1.29, 1.82) is 0 Å². The molecule has 0 bridgehead atoms. The van der Waals surface area contributed by atoms with Crippen molar-refractivity contribution in [2.24, 2.45) is 0 Å². The maximum atomic E-state index is 13.5. The van der Waals surface area contributed by atoms with Crippen LogP contribution in [0.5, 0.6) is 0 Å². The molecule has 0 aliphatic carbocycles. The normalized spacial score (nSPS) is 12.8. The topological polar surface area (TPSA) is 32.3 Å². The largest absolute Gasteiger partial charge is 0.387 e. The molecule has 1 atom stereocenters. The number of nitrogens with one attached hydrogen (secondary N) is 1. The number of rotatable bonds is 5. The molecule has 2 nitrogen and oxygen atoms in total. The maximum Gasteiger partial charge on any atom is 0.143 e. The Labute approximate surface area is 97.6 Å². The number of halogens is 2. The SMILES string of the molecule is CCCNCC(O)c1cccc(Br)c1F. The highest BCUT2D eigenvalue weighted by Crippen LogP contribution is 2.23. The van der Waals surface area contributed by atoms with Crippen LogP contribution in [0.1, 0.15) is 25.0 Å². The van der Waals surface area contributed by atoms with Crippen molar-refractivity contribution in [2.75, 3.05) is 13.1 Å². The Morgan fingerprint density at radius 3 is 2.93 bits per heavy atom. The molecule has 0 aliphatic rings. The summed E-state index contributed by atoms with van der Waals surface area (Å²) < 4.78 is 13.9. The molecule has 0 saturated heterocycles. The molecular formula is C11H15BrFNO. The van der Waals surface area contributed by atoms with E-state index in [-0.39, 0.29) is 5.82 Å². The van der Waals surface area contributed by atoms with E-state index in [1.807, 2.05) is 6.92 Å². The van der Waals surface area contributed by atoms with Gasteiger partial charge in [0.25, 0.3) is 0 Å². The molecule has 1 rings (SSSR count). The van der Waals surface area contributed by atoms with Crippen LogP contribution < -0.4 is 5.32 Å². The average molecular weight is 276 g/mol. The third kappa shape index (κ3) is 3.55. The molecular weight excluding hydrogens is 261 g/mol. The first-order valence-corrected chi connectivity index (χ1v) is 5.78. The van der Waals surface area contributed by atoms with E-state index in [0.29, 0.717) is 16.6 Å². The second-order valence-corrected chi connectivity index (χ2v) is 4.22. The zero-order chi connectivity index (χ0) is 11.3. The fourth-order valence-electron chi connectivity index (χ4n) is 1.30. The van der Waals surface area contributed by atoms with Crippen molar-refractivity contribution < 1.29 is 9.50 Å². The smallest absolute Gasteiger partial charge is 0.143 e. The summed E-state index contributed by atoms with van der Waals surface area (Å²) in [6, 6.07) is 4.93. The first kappa shape index (κ1) is 12.6. The Hall–Kier alpha value is -0.450. The van der Waals surface area contributed by atoms with Gasteiger partial charge in [-0.15, -0.1) is 0 Å². The van der Waals surface area contributed by atoms with Crippen molar-refractivity contribution in [1.82, 2.24) is 5.32 Å². The van der Waals surface area contributed by atoms with Crippen LogP contribution in [0.2, 0.25) is 0 Å². The van der Waals surface area contributed by atoms with Gasteiger partial charge < -0.3 is 10.4 Å². The lowest BCUT2D eigenvalue weighted by molar-refractivity contribution is 0.170. The van der Waals surface area contributed by atoms with Crippen LogP contribution in [0.4, 0.5) is 4.39 Å². The summed E-state index contributed by atoms with van der Waals surface area (Å²) in [6.07, 6.45) is 0.197. The van der Waals surface area contributed by atoms with E-state index in [2.05, 4.69) is 21.2 Å². The number of benzene rings is 1. The Bertz CT molecular complexity index is 319. The van der Waals surface area contributed by atoms with Crippen LogP contribution in [-0.4, -0.2) is 18.2 Å². The molecule has 0 heterocycles. The van der Waals surface area contributed by atoms with Gasteiger partial charge in [0.15, 0.2) is 0 Å². The third-order valence-corrected chi connectivity index (χ3v) is 2.72. The highest BCUT2D eigenvalue weighted by molar-refractivity contribution is 9.10. The Kier molecular flexibility index (Phi) is 5.22. The quantitative estimate of drug-likeness (QED) is 0.810. The van der Waals surface area contributed by atoms with Crippen molar-refractivity contribution in [3.05, 3.63) is 34.1 Å². The predicted molar refractivity (Wildman–Crippen MR) is 62.2 cm³/mol. The van der Waals surface area contributed by atoms with Gasteiger partial charge in [0.1, 0.15) is 5.82 Å². The van der Waals surface area contributed by atoms with Gasteiger partial charge in [-0.2, -0.15) is 0 Å². The van der Waals surface area contributed by atoms with Gasteiger partial charge in [-0.05, 0) is 35.0 Å². The molecule has 15 heavy (non-hydrogen) atoms. The summed E-state index contributed by atoms with van der Waals surface area (Å²) in [5, 5.41) is 12.8. The van der Waals surface area contributed by atoms with Gasteiger partial charge in [-0.25, -0.2) is 4.39 Å². The van der Waals surface area contributed by atoms with E-state index in [1.165, 1.54) is 0 Å². The summed E-state index contributed by atoms with van der Waals surface area (Å²) in [5.74, 6) is -0.386. The van der Waals surface area contributed by atoms with Gasteiger partial charge in [0.2, 0.25) is 0 Å². The second kappa shape index (κ2) is 6.20. The molecule has 0 aliphatic heterocycles. The zero-order valence-corrected chi connectivity index (χ0v) is 10.2. The average Bonchev–Trinajstić information content (AvgIpc) is 2.22. The molecule has 0 fully saturated rings. The summed E-state index contributed by atoms with van der Waals surface area (Å²) >= 11 is 3.09. The second-order valence-electron chi connectivity index (χ2n) is 3.36. The zero-order valence-electron chi connectivity index (χ0n) is 8.63. The minimum Gasteiger partial charge on any atom is -0.387 e. The van der Waals surface area contributed by atoms with E-state index in [9.17, 15) is 9.50 Å². The van der Waals surface area contributed by atoms with E-state index in [0.717, 1.165) is 13.0 Å². The lowest BCUT2D eigenvalue weighted by Gasteiger charge is -2.13. The van der Waals surface area contributed by atoms with E-state index in [4.69, 9.17) is 0 Å². The van der Waals surface area contributed by atoms with Crippen LogP contribution >= 0.6 is 15.9 Å². The standard InChI is InChI=1S/C11H15BrFNO/c1-2-6-14-7-10(15)8-4-3-5-9(12)11(8)13/h3-5,10,14-15H,2,6-7H2,1H3. The maximum absolute atomic E-state index is 13.5. The van der Waals surface area contributed by atoms with Crippen molar-refractivity contribution in [2.45, 2.75) is 19.4 Å². The molecule has 1 unspecified atom stereocenters. The fraction of sp³-hybridized carbons (Fsp3) is 0.455. The fourth-order valence-corrected chi connectivity index (χ4v) is 1.68. The predicted octanol–water partition coefficient (Wildman–Crippen LogP) is 2.62. The Balaban J connectivity index is 2.65. The minimum absolute atomic E-state index is 0.327. The molecule has 0 aromatic heterocycles. The first-order chi connectivity index (χ1) is 7.16. The van der Waals surface area contributed by atoms with Gasteiger partial charge in [0.05, 0.1) is 10.6 Å². The number of hydrogen-bond acceptors (Lipinski definition) is 2. The lowest BCUT2D eigenvalue weighted by atomic mass is 10.1. The first-order valence-electron chi connectivity index (χ1n) is 4.99. The molecule has 0 spiro atoms. The number of aliphatic hydroxyl groups is 1. The van der Waals surface area contributed by atoms with Crippen LogP contribution in [0.15, 0.2) is 22.7 Å². The van der Waals surface area contributed by atoms with Gasteiger partial charge in [-0.3, -0.25) is 0 Å². The minimum atomic E-state index is -0.797. The molecule has 0 radical (unpaired) electrons. The monoisotopic (exact) mass is 275 g/mol. The molecule has 84 valence electrons. The molecule has 0 amide bonds. The number of hydrogen-bond donors (Lipinski definition) is 2. The van der Waals surface area contributed by atoms with Crippen LogP contribution in [-0.2, 0) is 0 Å². The van der Waals surface area contributed by atoms with Crippen LogP contribution in [0, 0.1) is 5.82 Å². The molecule has 1 aromatic carbocycles. The van der Waals surface area contributed by atoms with E-state index in [1.54, 1.807) is 18.2 Å². The molecule has 1 aromatic rings. The summed E-state index contributed by atoms with van der Waals surface area (Å²) in [5.41, 5.74) is 0.327. The van der Waals surface area contributed by atoms with E-state index >= 15 is 0 Å². The van der Waals surface area contributed by atoms with Gasteiger partial charge >= 0.3 is 0 Å². The highest BCUT2D eigenvalue weighted by Gasteiger charge is 2.13. The van der Waals surface area contributed by atoms with Gasteiger partial charge in [-0.1, -0.05) is 19.1 Å². The molecule has 0 saturated carbocycles. The molecule has 2 N–H and O–H groups in total. The molecule has 4 heteroatoms. The third-order valence-electron chi connectivity index (χ3n) is 2.10. The van der Waals surface area contributed by atoms with Crippen LogP contribution in [0.3, 0.4) is 0 Å². The van der Waals surface area contributed by atoms with E-state index < -0.39 is 6.10 Å². The van der Waals surface area contributed by atoms with Crippen molar-refractivity contribution in [3.63, 3.8) is 0 Å². The Morgan fingerprint density at radius 2 is 2.27 bits per heavy atom.